The highest BCUT2D eigenvalue weighted by atomic mass is 35.5. The van der Waals surface area contributed by atoms with Gasteiger partial charge in [0, 0.05) is 25.0 Å². The molecule has 4 heterocycles. The molecule has 0 unspecified atom stereocenters. The molecule has 0 saturated carbocycles. The minimum atomic E-state index is -0.270. The average Bonchev–Trinajstić information content (AvgIpc) is 2.98. The minimum Gasteiger partial charge on any atom is -0.392 e. The maximum absolute atomic E-state index is 10.5. The first kappa shape index (κ1) is 19.0. The number of fused-ring (bicyclic) bond motifs is 1. The van der Waals surface area contributed by atoms with E-state index in [9.17, 15) is 5.11 Å². The van der Waals surface area contributed by atoms with Crippen LogP contribution in [0.4, 0.5) is 11.8 Å². The van der Waals surface area contributed by atoms with Crippen molar-refractivity contribution in [1.29, 1.82) is 0 Å². The Kier molecular flexibility index (Phi) is 5.74. The molecule has 2 atom stereocenters. The lowest BCUT2D eigenvalue weighted by atomic mass is 9.72. The summed E-state index contributed by atoms with van der Waals surface area (Å²) in [4.78, 5) is 18.1. The smallest absolute Gasteiger partial charge is 0.224 e. The molecule has 10 heteroatoms. The normalized spacial score (nSPS) is 26.9. The number of aromatic nitrogens is 4. The maximum atomic E-state index is 10.5. The van der Waals surface area contributed by atoms with Crippen LogP contribution in [0.25, 0.3) is 11.2 Å². The number of halogens is 2. The van der Waals surface area contributed by atoms with Crippen molar-refractivity contribution in [3.05, 3.63) is 6.33 Å². The van der Waals surface area contributed by atoms with Crippen LogP contribution in [0.1, 0.15) is 19.3 Å². The van der Waals surface area contributed by atoms with Crippen LogP contribution in [0.3, 0.4) is 0 Å². The lowest BCUT2D eigenvalue weighted by Crippen LogP contribution is -2.58. The zero-order valence-electron chi connectivity index (χ0n) is 13.2. The van der Waals surface area contributed by atoms with E-state index < -0.39 is 0 Å². The molecular formula is C14H23Cl2N7O. The van der Waals surface area contributed by atoms with Crippen molar-refractivity contribution in [3.8, 4) is 0 Å². The Morgan fingerprint density at radius 3 is 2.96 bits per heavy atom. The third-order valence-corrected chi connectivity index (χ3v) is 4.97. The molecule has 2 aromatic heterocycles. The van der Waals surface area contributed by atoms with E-state index in [2.05, 4.69) is 30.2 Å². The number of aromatic amines is 1. The summed E-state index contributed by atoms with van der Waals surface area (Å²) >= 11 is 0. The molecule has 8 nitrogen and oxygen atoms in total. The van der Waals surface area contributed by atoms with Gasteiger partial charge in [0.05, 0.1) is 12.4 Å². The fourth-order valence-corrected chi connectivity index (χ4v) is 3.82. The Bertz CT molecular complexity index is 693. The lowest BCUT2D eigenvalue weighted by Gasteiger charge is -2.48. The Labute approximate surface area is 152 Å². The number of H-pyrrole nitrogens is 1. The number of nitrogens with zero attached hydrogens (tertiary/aromatic N) is 4. The van der Waals surface area contributed by atoms with Crippen LogP contribution in [0.5, 0.6) is 0 Å². The number of nitrogens with two attached hydrogens (primary N) is 1. The summed E-state index contributed by atoms with van der Waals surface area (Å²) in [6.45, 7) is 3.40. The quantitative estimate of drug-likeness (QED) is 0.580. The van der Waals surface area contributed by atoms with Gasteiger partial charge in [0.2, 0.25) is 5.95 Å². The van der Waals surface area contributed by atoms with Gasteiger partial charge in [-0.15, -0.1) is 24.8 Å². The van der Waals surface area contributed by atoms with E-state index in [0.29, 0.717) is 5.65 Å². The minimum absolute atomic E-state index is 0. The SMILES string of the molecule is Cl.Cl.Nc1nc(N2CCC[C@]3(CNCC[C@@H]3O)C2)c2[nH]cnc2n1. The fourth-order valence-electron chi connectivity index (χ4n) is 3.82. The summed E-state index contributed by atoms with van der Waals surface area (Å²) in [7, 11) is 0. The van der Waals surface area contributed by atoms with E-state index in [1.807, 2.05) is 0 Å². The van der Waals surface area contributed by atoms with Crippen LogP contribution >= 0.6 is 24.8 Å². The molecule has 0 bridgehead atoms. The third kappa shape index (κ3) is 3.11. The Morgan fingerprint density at radius 2 is 2.17 bits per heavy atom. The zero-order valence-corrected chi connectivity index (χ0v) is 14.9. The molecule has 2 saturated heterocycles. The average molecular weight is 376 g/mol. The Hall–Kier alpha value is -1.35. The molecule has 134 valence electrons. The molecule has 1 spiro atoms. The number of rotatable bonds is 1. The first-order chi connectivity index (χ1) is 10.7. The van der Waals surface area contributed by atoms with Gasteiger partial charge in [0.15, 0.2) is 11.5 Å². The number of anilines is 2. The van der Waals surface area contributed by atoms with E-state index in [1.165, 1.54) is 0 Å². The summed E-state index contributed by atoms with van der Waals surface area (Å²) in [5.74, 6) is 1.02. The molecule has 0 amide bonds. The number of hydrogen-bond acceptors (Lipinski definition) is 7. The molecule has 2 aliphatic rings. The van der Waals surface area contributed by atoms with Crippen molar-refractivity contribution in [3.63, 3.8) is 0 Å². The van der Waals surface area contributed by atoms with E-state index >= 15 is 0 Å². The number of aliphatic hydroxyl groups excluding tert-OH is 1. The van der Waals surface area contributed by atoms with Crippen LogP contribution < -0.4 is 16.0 Å². The summed E-state index contributed by atoms with van der Waals surface area (Å²) in [6, 6.07) is 0. The lowest BCUT2D eigenvalue weighted by molar-refractivity contribution is -0.0101. The van der Waals surface area contributed by atoms with Gasteiger partial charge in [-0.1, -0.05) is 0 Å². The molecule has 24 heavy (non-hydrogen) atoms. The van der Waals surface area contributed by atoms with Gasteiger partial charge < -0.3 is 26.0 Å². The van der Waals surface area contributed by atoms with E-state index in [4.69, 9.17) is 5.73 Å². The predicted octanol–water partition coefficient (Wildman–Crippen LogP) is 0.720. The monoisotopic (exact) mass is 375 g/mol. The van der Waals surface area contributed by atoms with Crippen molar-refractivity contribution in [2.45, 2.75) is 25.4 Å². The van der Waals surface area contributed by atoms with Gasteiger partial charge in [-0.2, -0.15) is 9.97 Å². The summed E-state index contributed by atoms with van der Waals surface area (Å²) in [5.41, 5.74) is 7.11. The zero-order chi connectivity index (χ0) is 15.2. The molecule has 2 aromatic rings. The molecule has 0 radical (unpaired) electrons. The van der Waals surface area contributed by atoms with E-state index in [0.717, 1.165) is 56.8 Å². The molecule has 4 rings (SSSR count). The molecule has 2 fully saturated rings. The van der Waals surface area contributed by atoms with Crippen LogP contribution in [0.15, 0.2) is 6.33 Å². The van der Waals surface area contributed by atoms with Gasteiger partial charge in [-0.25, -0.2) is 4.98 Å². The molecule has 5 N–H and O–H groups in total. The summed E-state index contributed by atoms with van der Waals surface area (Å²) < 4.78 is 0. The van der Waals surface area contributed by atoms with Crippen LogP contribution in [-0.4, -0.2) is 57.3 Å². The second kappa shape index (κ2) is 7.26. The van der Waals surface area contributed by atoms with Crippen LogP contribution in [-0.2, 0) is 0 Å². The second-order valence-corrected chi connectivity index (χ2v) is 6.38. The van der Waals surface area contributed by atoms with Gasteiger partial charge >= 0.3 is 0 Å². The molecule has 2 aliphatic heterocycles. The first-order valence-corrected chi connectivity index (χ1v) is 7.78. The maximum Gasteiger partial charge on any atom is 0.224 e. The summed E-state index contributed by atoms with van der Waals surface area (Å²) in [5, 5.41) is 14.0. The first-order valence-electron chi connectivity index (χ1n) is 7.78. The summed E-state index contributed by atoms with van der Waals surface area (Å²) in [6.07, 6.45) is 4.20. The van der Waals surface area contributed by atoms with E-state index in [-0.39, 0.29) is 42.3 Å². The Balaban J connectivity index is 0.00000104. The van der Waals surface area contributed by atoms with Gasteiger partial charge in [0.1, 0.15) is 5.52 Å². The standard InChI is InChI=1S/C14H21N7O.2ClH/c15-13-19-11-10(17-8-18-11)12(20-13)21-5-1-3-14(7-21)6-16-4-2-9(14)22;;/h8-9,16,22H,1-7H2,(H3,15,17,18,19,20);2*1H/t9-,14-;;/m0../s1. The topological polar surface area (TPSA) is 116 Å². The number of piperidine rings is 2. The predicted molar refractivity (Wildman–Crippen MR) is 98.0 cm³/mol. The fraction of sp³-hybridized carbons (Fsp3) is 0.643. The van der Waals surface area contributed by atoms with Gasteiger partial charge in [-0.3, -0.25) is 0 Å². The van der Waals surface area contributed by atoms with Gasteiger partial charge in [0.25, 0.3) is 0 Å². The van der Waals surface area contributed by atoms with Crippen molar-refractivity contribution >= 4 is 47.7 Å². The number of hydrogen-bond donors (Lipinski definition) is 4. The van der Waals surface area contributed by atoms with Gasteiger partial charge in [-0.05, 0) is 25.8 Å². The molecular weight excluding hydrogens is 353 g/mol. The second-order valence-electron chi connectivity index (χ2n) is 6.38. The van der Waals surface area contributed by atoms with Crippen molar-refractivity contribution in [2.75, 3.05) is 36.8 Å². The van der Waals surface area contributed by atoms with Crippen LogP contribution in [0, 0.1) is 5.41 Å². The largest absolute Gasteiger partial charge is 0.392 e. The highest BCUT2D eigenvalue weighted by Crippen LogP contribution is 2.38. The van der Waals surface area contributed by atoms with E-state index in [1.54, 1.807) is 6.33 Å². The van der Waals surface area contributed by atoms with Crippen molar-refractivity contribution in [2.24, 2.45) is 5.41 Å². The number of nitrogens with one attached hydrogen (secondary N) is 2. The highest BCUT2D eigenvalue weighted by molar-refractivity contribution is 5.86. The van der Waals surface area contributed by atoms with Crippen molar-refractivity contribution in [1.82, 2.24) is 25.3 Å². The number of nitrogen functional groups attached to an aromatic ring is 1. The molecule has 0 aliphatic carbocycles. The molecule has 0 aromatic carbocycles. The van der Waals surface area contributed by atoms with Crippen LogP contribution in [0.2, 0.25) is 0 Å². The number of aliphatic hydroxyl groups is 1. The number of imidazole rings is 1. The highest BCUT2D eigenvalue weighted by Gasteiger charge is 2.43. The third-order valence-electron chi connectivity index (χ3n) is 4.97. The van der Waals surface area contributed by atoms with Crippen molar-refractivity contribution < 1.29 is 5.11 Å². The Morgan fingerprint density at radius 1 is 1.33 bits per heavy atom.